The van der Waals surface area contributed by atoms with Gasteiger partial charge in [-0.25, -0.2) is 4.98 Å². The standard InChI is InChI=1S/C8H10BrNO2/c1-3-12-8-7(11-2)6(9)4-5-10-8/h4-5H,3H2,1-2H3. The largest absolute Gasteiger partial charge is 0.490 e. The zero-order chi connectivity index (χ0) is 8.97. The van der Waals surface area contributed by atoms with Crippen LogP contribution in [0, 0.1) is 0 Å². The van der Waals surface area contributed by atoms with Gasteiger partial charge >= 0.3 is 0 Å². The second kappa shape index (κ2) is 4.30. The SMILES string of the molecule is CCOc1nccc(Br)c1OC. The number of hydrogen-bond acceptors (Lipinski definition) is 3. The summed E-state index contributed by atoms with van der Waals surface area (Å²) in [6.07, 6.45) is 1.66. The van der Waals surface area contributed by atoms with Gasteiger partial charge in [-0.1, -0.05) is 0 Å². The monoisotopic (exact) mass is 231 g/mol. The number of methoxy groups -OCH3 is 1. The van der Waals surface area contributed by atoms with Crippen molar-refractivity contribution < 1.29 is 9.47 Å². The van der Waals surface area contributed by atoms with Gasteiger partial charge in [0.05, 0.1) is 18.2 Å². The Kier molecular flexibility index (Phi) is 3.34. The van der Waals surface area contributed by atoms with Crippen molar-refractivity contribution in [3.8, 4) is 11.6 Å². The Balaban J connectivity index is 3.00. The Bertz CT molecular complexity index is 265. The highest BCUT2D eigenvalue weighted by Gasteiger charge is 2.08. The van der Waals surface area contributed by atoms with Crippen LogP contribution in [0.4, 0.5) is 0 Å². The highest BCUT2D eigenvalue weighted by molar-refractivity contribution is 9.10. The van der Waals surface area contributed by atoms with Crippen LogP contribution in [-0.2, 0) is 0 Å². The summed E-state index contributed by atoms with van der Waals surface area (Å²) < 4.78 is 11.2. The molecule has 0 aromatic carbocycles. The van der Waals surface area contributed by atoms with E-state index in [-0.39, 0.29) is 0 Å². The van der Waals surface area contributed by atoms with Crippen molar-refractivity contribution in [1.29, 1.82) is 0 Å². The van der Waals surface area contributed by atoms with Crippen LogP contribution in [0.25, 0.3) is 0 Å². The highest BCUT2D eigenvalue weighted by Crippen LogP contribution is 2.32. The van der Waals surface area contributed by atoms with Crippen LogP contribution < -0.4 is 9.47 Å². The highest BCUT2D eigenvalue weighted by atomic mass is 79.9. The van der Waals surface area contributed by atoms with Gasteiger partial charge in [0.25, 0.3) is 5.88 Å². The van der Waals surface area contributed by atoms with E-state index in [0.717, 1.165) is 4.47 Å². The molecule has 0 bridgehead atoms. The van der Waals surface area contributed by atoms with Gasteiger partial charge in [-0.05, 0) is 28.9 Å². The van der Waals surface area contributed by atoms with Crippen molar-refractivity contribution in [3.63, 3.8) is 0 Å². The second-order valence-corrected chi connectivity index (χ2v) is 2.92. The molecule has 0 saturated carbocycles. The zero-order valence-corrected chi connectivity index (χ0v) is 8.59. The van der Waals surface area contributed by atoms with E-state index < -0.39 is 0 Å². The fourth-order valence-corrected chi connectivity index (χ4v) is 1.28. The maximum absolute atomic E-state index is 5.24. The van der Waals surface area contributed by atoms with Crippen LogP contribution in [0.5, 0.6) is 11.6 Å². The number of nitrogens with zero attached hydrogens (tertiary/aromatic N) is 1. The van der Waals surface area contributed by atoms with E-state index in [1.165, 1.54) is 0 Å². The van der Waals surface area contributed by atoms with Crippen molar-refractivity contribution >= 4 is 15.9 Å². The predicted molar refractivity (Wildman–Crippen MR) is 49.7 cm³/mol. The van der Waals surface area contributed by atoms with Crippen molar-refractivity contribution in [2.75, 3.05) is 13.7 Å². The molecule has 0 saturated heterocycles. The molecule has 12 heavy (non-hydrogen) atoms. The van der Waals surface area contributed by atoms with Crippen LogP contribution in [-0.4, -0.2) is 18.7 Å². The summed E-state index contributed by atoms with van der Waals surface area (Å²) in [6.45, 7) is 2.49. The molecule has 4 heteroatoms. The van der Waals surface area contributed by atoms with Crippen molar-refractivity contribution in [3.05, 3.63) is 16.7 Å². The number of ether oxygens (including phenoxy) is 2. The molecule has 1 heterocycles. The lowest BCUT2D eigenvalue weighted by atomic mass is 10.4. The Labute approximate surface area is 79.8 Å². The lowest BCUT2D eigenvalue weighted by Gasteiger charge is -2.08. The summed E-state index contributed by atoms with van der Waals surface area (Å²) in [4.78, 5) is 4.02. The van der Waals surface area contributed by atoms with Gasteiger partial charge in [0.1, 0.15) is 0 Å². The molecule has 0 amide bonds. The number of pyridine rings is 1. The van der Waals surface area contributed by atoms with Gasteiger partial charge in [0.15, 0.2) is 5.75 Å². The maximum Gasteiger partial charge on any atom is 0.258 e. The first-order chi connectivity index (χ1) is 5.79. The minimum atomic E-state index is 0.523. The molecule has 0 spiro atoms. The average molecular weight is 232 g/mol. The summed E-state index contributed by atoms with van der Waals surface area (Å²) in [7, 11) is 1.59. The summed E-state index contributed by atoms with van der Waals surface area (Å²) in [5, 5.41) is 0. The van der Waals surface area contributed by atoms with Gasteiger partial charge < -0.3 is 9.47 Å². The third kappa shape index (κ3) is 1.88. The molecule has 1 aromatic rings. The molecule has 0 aliphatic rings. The minimum absolute atomic E-state index is 0.523. The van der Waals surface area contributed by atoms with E-state index in [1.807, 2.05) is 6.92 Å². The number of rotatable bonds is 3. The first kappa shape index (κ1) is 9.32. The molecule has 0 aliphatic carbocycles. The van der Waals surface area contributed by atoms with Crippen LogP contribution >= 0.6 is 15.9 Å². The zero-order valence-electron chi connectivity index (χ0n) is 7.00. The van der Waals surface area contributed by atoms with Crippen molar-refractivity contribution in [2.45, 2.75) is 6.92 Å². The van der Waals surface area contributed by atoms with Gasteiger partial charge in [-0.3, -0.25) is 0 Å². The third-order valence-electron chi connectivity index (χ3n) is 1.31. The Hall–Kier alpha value is -0.770. The molecule has 0 N–H and O–H groups in total. The summed E-state index contributed by atoms with van der Waals surface area (Å²) in [5.74, 6) is 1.16. The molecule has 0 atom stereocenters. The van der Waals surface area contributed by atoms with E-state index in [9.17, 15) is 0 Å². The van der Waals surface area contributed by atoms with Crippen LogP contribution in [0.15, 0.2) is 16.7 Å². The minimum Gasteiger partial charge on any atom is -0.490 e. The average Bonchev–Trinajstić information content (AvgIpc) is 2.05. The molecule has 1 aromatic heterocycles. The second-order valence-electron chi connectivity index (χ2n) is 2.06. The summed E-state index contributed by atoms with van der Waals surface area (Å²) >= 11 is 3.33. The van der Waals surface area contributed by atoms with E-state index in [0.29, 0.717) is 18.2 Å². The smallest absolute Gasteiger partial charge is 0.258 e. The van der Waals surface area contributed by atoms with E-state index in [4.69, 9.17) is 9.47 Å². The van der Waals surface area contributed by atoms with Gasteiger partial charge in [0, 0.05) is 6.20 Å². The lowest BCUT2D eigenvalue weighted by molar-refractivity contribution is 0.297. The van der Waals surface area contributed by atoms with Crippen LogP contribution in [0.1, 0.15) is 6.92 Å². The first-order valence-electron chi connectivity index (χ1n) is 3.61. The molecule has 0 aliphatic heterocycles. The Morgan fingerprint density at radius 3 is 2.92 bits per heavy atom. The Morgan fingerprint density at radius 1 is 1.58 bits per heavy atom. The van der Waals surface area contributed by atoms with E-state index >= 15 is 0 Å². The number of hydrogen-bond donors (Lipinski definition) is 0. The van der Waals surface area contributed by atoms with Crippen molar-refractivity contribution in [1.82, 2.24) is 4.98 Å². The molecule has 0 unspecified atom stereocenters. The Morgan fingerprint density at radius 2 is 2.33 bits per heavy atom. The third-order valence-corrected chi connectivity index (χ3v) is 1.93. The fourth-order valence-electron chi connectivity index (χ4n) is 0.831. The van der Waals surface area contributed by atoms with Crippen LogP contribution in [0.2, 0.25) is 0 Å². The van der Waals surface area contributed by atoms with E-state index in [1.54, 1.807) is 19.4 Å². The fraction of sp³-hybridized carbons (Fsp3) is 0.375. The molecular formula is C8H10BrNO2. The molecule has 0 fully saturated rings. The van der Waals surface area contributed by atoms with Crippen LogP contribution in [0.3, 0.4) is 0 Å². The molecule has 1 rings (SSSR count). The topological polar surface area (TPSA) is 31.4 Å². The molecular weight excluding hydrogens is 222 g/mol. The molecule has 3 nitrogen and oxygen atoms in total. The van der Waals surface area contributed by atoms with Gasteiger partial charge in [-0.2, -0.15) is 0 Å². The van der Waals surface area contributed by atoms with E-state index in [2.05, 4.69) is 20.9 Å². The lowest BCUT2D eigenvalue weighted by Crippen LogP contribution is -1.97. The molecule has 66 valence electrons. The summed E-state index contributed by atoms with van der Waals surface area (Å²) in [5.41, 5.74) is 0. The number of aromatic nitrogens is 1. The summed E-state index contributed by atoms with van der Waals surface area (Å²) in [6, 6.07) is 1.81. The normalized spacial score (nSPS) is 9.58. The molecule has 0 radical (unpaired) electrons. The van der Waals surface area contributed by atoms with Gasteiger partial charge in [-0.15, -0.1) is 0 Å². The number of halogens is 1. The quantitative estimate of drug-likeness (QED) is 0.800. The predicted octanol–water partition coefficient (Wildman–Crippen LogP) is 2.25. The first-order valence-corrected chi connectivity index (χ1v) is 4.40. The van der Waals surface area contributed by atoms with Gasteiger partial charge in [0.2, 0.25) is 0 Å². The maximum atomic E-state index is 5.24. The van der Waals surface area contributed by atoms with Crippen molar-refractivity contribution in [2.24, 2.45) is 0 Å².